The lowest BCUT2D eigenvalue weighted by atomic mass is 9.89. The highest BCUT2D eigenvalue weighted by molar-refractivity contribution is 6.18. The van der Waals surface area contributed by atoms with Gasteiger partial charge in [-0.05, 0) is 83.1 Å². The molecule has 0 radical (unpaired) electrons. The summed E-state index contributed by atoms with van der Waals surface area (Å²) in [7, 11) is 4.54. The van der Waals surface area contributed by atoms with Crippen molar-refractivity contribution >= 4 is 47.8 Å². The van der Waals surface area contributed by atoms with E-state index in [9.17, 15) is 38.4 Å². The Morgan fingerprint density at radius 3 is 0.648 bits per heavy atom. The van der Waals surface area contributed by atoms with Crippen LogP contribution >= 0.6 is 0 Å². The molecule has 0 unspecified atom stereocenters. The largest absolute Gasteiger partial charge is 0.469 e. The predicted molar refractivity (Wildman–Crippen MR) is 191 cm³/mol. The van der Waals surface area contributed by atoms with Crippen LogP contribution in [-0.2, 0) is 76.3 Å². The van der Waals surface area contributed by atoms with Crippen LogP contribution in [0.4, 0.5) is 0 Å². The van der Waals surface area contributed by atoms with E-state index >= 15 is 0 Å². The van der Waals surface area contributed by atoms with Gasteiger partial charge in [-0.1, -0.05) is 11.1 Å². The lowest BCUT2D eigenvalue weighted by Gasteiger charge is -2.26. The van der Waals surface area contributed by atoms with Crippen LogP contribution in [-0.4, -0.2) is 103 Å². The van der Waals surface area contributed by atoms with Crippen LogP contribution in [0.2, 0.25) is 0 Å². The highest BCUT2D eigenvalue weighted by Gasteiger charge is 2.41. The summed E-state index contributed by atoms with van der Waals surface area (Å²) in [5.74, 6) is -8.19. The molecular formula is C38H56O16. The minimum Gasteiger partial charge on any atom is -0.469 e. The third kappa shape index (κ3) is 13.1. The molecule has 0 amide bonds. The van der Waals surface area contributed by atoms with Crippen LogP contribution in [0.25, 0.3) is 0 Å². The second-order valence-corrected chi connectivity index (χ2v) is 15.3. The molecule has 0 rings (SSSR count). The first-order valence-electron chi connectivity index (χ1n) is 16.7. The molecule has 0 saturated carbocycles. The van der Waals surface area contributed by atoms with Crippen molar-refractivity contribution in [1.29, 1.82) is 0 Å². The fourth-order valence-electron chi connectivity index (χ4n) is 4.38. The van der Waals surface area contributed by atoms with Crippen LogP contribution in [0.15, 0.2) is 33.4 Å². The number of methoxy groups -OCH3 is 4. The van der Waals surface area contributed by atoms with Gasteiger partial charge in [-0.2, -0.15) is 0 Å². The number of hydrogen-bond donors (Lipinski definition) is 0. The number of carbonyl (C=O) groups excluding carboxylic acids is 8. The van der Waals surface area contributed by atoms with Crippen LogP contribution in [0.5, 0.6) is 0 Å². The molecule has 0 aliphatic heterocycles. The van der Waals surface area contributed by atoms with Gasteiger partial charge in [0.1, 0.15) is 26.4 Å². The molecule has 0 aromatic heterocycles. The third-order valence-corrected chi connectivity index (χ3v) is 7.77. The van der Waals surface area contributed by atoms with E-state index in [1.165, 1.54) is 83.1 Å². The van der Waals surface area contributed by atoms with Gasteiger partial charge in [-0.15, -0.1) is 0 Å². The number of esters is 8. The Bertz CT molecular complexity index is 1460. The van der Waals surface area contributed by atoms with Crippen molar-refractivity contribution in [3.05, 3.63) is 33.4 Å². The van der Waals surface area contributed by atoms with Crippen molar-refractivity contribution in [3.8, 4) is 0 Å². The van der Waals surface area contributed by atoms with Crippen molar-refractivity contribution in [3.63, 3.8) is 0 Å². The number of ether oxygens (including phenoxy) is 8. The van der Waals surface area contributed by atoms with Gasteiger partial charge in [-0.3, -0.25) is 19.2 Å². The molecule has 0 N–H and O–H groups in total. The summed E-state index contributed by atoms with van der Waals surface area (Å²) in [4.78, 5) is 106. The lowest BCUT2D eigenvalue weighted by Crippen LogP contribution is -2.36. The summed E-state index contributed by atoms with van der Waals surface area (Å²) in [5.41, 5.74) is -8.27. The molecule has 0 bridgehead atoms. The summed E-state index contributed by atoms with van der Waals surface area (Å²) < 4.78 is 41.3. The first-order valence-corrected chi connectivity index (χ1v) is 16.7. The quantitative estimate of drug-likeness (QED) is 0.0837. The molecule has 0 spiro atoms. The Labute approximate surface area is 316 Å². The van der Waals surface area contributed by atoms with Crippen LogP contribution in [0, 0.1) is 21.7 Å². The maximum atomic E-state index is 14.3. The zero-order chi connectivity index (χ0) is 42.6. The minimum absolute atomic E-state index is 0.0727. The maximum Gasteiger partial charge on any atom is 0.339 e. The number of allylic oxidation sites excluding steroid dienone is 2. The number of rotatable bonds is 18. The molecule has 304 valence electrons. The smallest absolute Gasteiger partial charge is 0.339 e. The van der Waals surface area contributed by atoms with Gasteiger partial charge in [0.25, 0.3) is 0 Å². The lowest BCUT2D eigenvalue weighted by molar-refractivity contribution is -0.160. The summed E-state index contributed by atoms with van der Waals surface area (Å²) >= 11 is 0. The Hall–Kier alpha value is -5.02. The standard InChI is InChI=1S/C38H56O16/c1-21(2)23(27(39)51-17-35(5,6)31(43)47-13)25(29(41)53-19-37(9,10)33(45)49-15)26(30(42)54-20-38(11,12)34(46)50-16)24(22(3)4)28(40)52-18-36(7,8)32(44)48-14/h17-20H2,1-16H3/b26-25+. The zero-order valence-electron chi connectivity index (χ0n) is 34.4. The van der Waals surface area contributed by atoms with E-state index in [1.54, 1.807) is 0 Å². The topological polar surface area (TPSA) is 210 Å². The van der Waals surface area contributed by atoms with Crippen molar-refractivity contribution in [2.45, 2.75) is 83.1 Å². The normalized spacial score (nSPS) is 12.1. The fourth-order valence-corrected chi connectivity index (χ4v) is 4.38. The molecule has 0 saturated heterocycles. The Morgan fingerprint density at radius 2 is 0.500 bits per heavy atom. The van der Waals surface area contributed by atoms with Gasteiger partial charge in [-0.25, -0.2) is 19.2 Å². The van der Waals surface area contributed by atoms with E-state index in [2.05, 4.69) is 0 Å². The van der Waals surface area contributed by atoms with Gasteiger partial charge < -0.3 is 37.9 Å². The van der Waals surface area contributed by atoms with E-state index in [-0.39, 0.29) is 11.1 Å². The minimum atomic E-state index is -1.44. The van der Waals surface area contributed by atoms with E-state index in [4.69, 9.17) is 37.9 Å². The van der Waals surface area contributed by atoms with Gasteiger partial charge in [0.2, 0.25) is 0 Å². The molecule has 0 fully saturated rings. The molecule has 0 aromatic carbocycles. The average molecular weight is 769 g/mol. The van der Waals surface area contributed by atoms with Gasteiger partial charge in [0, 0.05) is 0 Å². The molecular weight excluding hydrogens is 712 g/mol. The van der Waals surface area contributed by atoms with E-state index < -0.39 is 118 Å². The van der Waals surface area contributed by atoms with Gasteiger partial charge >= 0.3 is 47.8 Å². The number of hydrogen-bond acceptors (Lipinski definition) is 16. The van der Waals surface area contributed by atoms with Crippen LogP contribution in [0.3, 0.4) is 0 Å². The molecule has 0 atom stereocenters. The molecule has 16 heteroatoms. The highest BCUT2D eigenvalue weighted by Crippen LogP contribution is 2.33. The Morgan fingerprint density at radius 1 is 0.333 bits per heavy atom. The monoisotopic (exact) mass is 768 g/mol. The summed E-state index contributed by atoms with van der Waals surface area (Å²) in [6.45, 7) is 14.6. The third-order valence-electron chi connectivity index (χ3n) is 7.77. The molecule has 0 aliphatic carbocycles. The second-order valence-electron chi connectivity index (χ2n) is 15.3. The van der Waals surface area contributed by atoms with Crippen LogP contribution < -0.4 is 0 Å². The molecule has 0 aliphatic rings. The average Bonchev–Trinajstić information content (AvgIpc) is 3.10. The first-order chi connectivity index (χ1) is 24.6. The summed E-state index contributed by atoms with van der Waals surface area (Å²) in [5, 5.41) is 0. The zero-order valence-corrected chi connectivity index (χ0v) is 34.4. The summed E-state index contributed by atoms with van der Waals surface area (Å²) in [6, 6.07) is 0. The molecule has 16 nitrogen and oxygen atoms in total. The summed E-state index contributed by atoms with van der Waals surface area (Å²) in [6.07, 6.45) is 0. The molecule has 54 heavy (non-hydrogen) atoms. The second kappa shape index (κ2) is 19.9. The van der Waals surface area contributed by atoms with E-state index in [0.29, 0.717) is 0 Å². The van der Waals surface area contributed by atoms with Crippen LogP contribution in [0.1, 0.15) is 83.1 Å². The van der Waals surface area contributed by atoms with E-state index in [1.807, 2.05) is 0 Å². The Balaban J connectivity index is 8.17. The predicted octanol–water partition coefficient (Wildman–Crippen LogP) is 3.93. The fraction of sp³-hybridized carbons (Fsp3) is 0.632. The van der Waals surface area contributed by atoms with Crippen molar-refractivity contribution < 1.29 is 76.3 Å². The van der Waals surface area contributed by atoms with Crippen molar-refractivity contribution in [1.82, 2.24) is 0 Å². The molecule has 0 heterocycles. The first kappa shape index (κ1) is 49.0. The van der Waals surface area contributed by atoms with E-state index in [0.717, 1.165) is 28.4 Å². The van der Waals surface area contributed by atoms with Gasteiger partial charge in [0.15, 0.2) is 0 Å². The SMILES string of the molecule is COC(=O)C(C)(C)COC(=O)C(=C(C)C)/C(C(=O)OCC(C)(C)C(=O)OC)=C(\C(=O)OCC(C)(C)C(=O)OC)C(C(=O)OCC(C)(C)C(=O)OC)=C(C)C. The van der Waals surface area contributed by atoms with Gasteiger partial charge in [0.05, 0.1) is 72.4 Å². The highest BCUT2D eigenvalue weighted by atomic mass is 16.6. The van der Waals surface area contributed by atoms with Crippen molar-refractivity contribution in [2.24, 2.45) is 21.7 Å². The Kier molecular flexibility index (Phi) is 18.0. The number of carbonyl (C=O) groups is 8. The maximum absolute atomic E-state index is 14.3. The molecule has 0 aromatic rings. The van der Waals surface area contributed by atoms with Crippen molar-refractivity contribution in [2.75, 3.05) is 54.9 Å².